The zero-order chi connectivity index (χ0) is 11.1. The Morgan fingerprint density at radius 1 is 1.53 bits per heavy atom. The summed E-state index contributed by atoms with van der Waals surface area (Å²) in [6.45, 7) is 5.04. The number of amides is 1. The predicted molar refractivity (Wildman–Crippen MR) is 59.3 cm³/mol. The zero-order valence-electron chi connectivity index (χ0n) is 9.16. The first-order chi connectivity index (χ1) is 7.24. The monoisotopic (exact) mass is 207 g/mol. The standard InChI is InChI=1S/C11H17N3O/c1-3-12-8-11(15)14-9(2)10-6-4-5-7-13-10/h4-7,9,12H,3,8H2,1-2H3,(H,14,15). The fraction of sp³-hybridized carbons (Fsp3) is 0.455. The summed E-state index contributed by atoms with van der Waals surface area (Å²) in [4.78, 5) is 15.6. The molecule has 1 atom stereocenters. The Morgan fingerprint density at radius 3 is 2.93 bits per heavy atom. The van der Waals surface area contributed by atoms with E-state index in [1.807, 2.05) is 32.0 Å². The van der Waals surface area contributed by atoms with E-state index in [0.29, 0.717) is 6.54 Å². The summed E-state index contributed by atoms with van der Waals surface area (Å²) >= 11 is 0. The second kappa shape index (κ2) is 6.14. The maximum absolute atomic E-state index is 11.4. The second-order valence-electron chi connectivity index (χ2n) is 3.32. The van der Waals surface area contributed by atoms with Gasteiger partial charge in [0.15, 0.2) is 0 Å². The maximum Gasteiger partial charge on any atom is 0.234 e. The first kappa shape index (κ1) is 11.7. The number of nitrogens with one attached hydrogen (secondary N) is 2. The van der Waals surface area contributed by atoms with Crippen LogP contribution in [0.25, 0.3) is 0 Å². The van der Waals surface area contributed by atoms with Crippen molar-refractivity contribution in [3.8, 4) is 0 Å². The average Bonchev–Trinajstić information content (AvgIpc) is 2.27. The van der Waals surface area contributed by atoms with Gasteiger partial charge in [-0.1, -0.05) is 13.0 Å². The molecule has 4 heteroatoms. The number of carbonyl (C=O) groups is 1. The van der Waals surface area contributed by atoms with Gasteiger partial charge in [-0.25, -0.2) is 0 Å². The van der Waals surface area contributed by atoms with Gasteiger partial charge in [-0.05, 0) is 25.6 Å². The molecule has 0 aromatic carbocycles. The van der Waals surface area contributed by atoms with Crippen molar-refractivity contribution in [2.24, 2.45) is 0 Å². The van der Waals surface area contributed by atoms with Crippen molar-refractivity contribution in [1.82, 2.24) is 15.6 Å². The molecule has 1 rings (SSSR count). The van der Waals surface area contributed by atoms with E-state index < -0.39 is 0 Å². The summed E-state index contributed by atoms with van der Waals surface area (Å²) in [5.74, 6) is -0.00463. The van der Waals surface area contributed by atoms with Crippen molar-refractivity contribution in [2.75, 3.05) is 13.1 Å². The number of pyridine rings is 1. The first-order valence-electron chi connectivity index (χ1n) is 5.15. The molecule has 0 aliphatic rings. The van der Waals surface area contributed by atoms with Crippen LogP contribution in [-0.4, -0.2) is 24.0 Å². The molecule has 0 saturated carbocycles. The third-order valence-electron chi connectivity index (χ3n) is 2.04. The lowest BCUT2D eigenvalue weighted by molar-refractivity contribution is -0.120. The molecule has 15 heavy (non-hydrogen) atoms. The largest absolute Gasteiger partial charge is 0.347 e. The van der Waals surface area contributed by atoms with Crippen LogP contribution in [0.15, 0.2) is 24.4 Å². The average molecular weight is 207 g/mol. The molecule has 0 fully saturated rings. The quantitative estimate of drug-likeness (QED) is 0.753. The number of aromatic nitrogens is 1. The third kappa shape index (κ3) is 4.08. The molecule has 0 aliphatic carbocycles. The third-order valence-corrected chi connectivity index (χ3v) is 2.04. The van der Waals surface area contributed by atoms with Gasteiger partial charge in [-0.3, -0.25) is 9.78 Å². The lowest BCUT2D eigenvalue weighted by Gasteiger charge is -2.13. The van der Waals surface area contributed by atoms with E-state index in [-0.39, 0.29) is 11.9 Å². The molecule has 0 radical (unpaired) electrons. The van der Waals surface area contributed by atoms with Crippen LogP contribution in [0, 0.1) is 0 Å². The van der Waals surface area contributed by atoms with Crippen LogP contribution in [0.2, 0.25) is 0 Å². The molecule has 0 saturated heterocycles. The molecular formula is C11H17N3O. The van der Waals surface area contributed by atoms with Gasteiger partial charge in [0.1, 0.15) is 0 Å². The van der Waals surface area contributed by atoms with Gasteiger partial charge in [0.25, 0.3) is 0 Å². The van der Waals surface area contributed by atoms with Gasteiger partial charge in [0.2, 0.25) is 5.91 Å². The van der Waals surface area contributed by atoms with Crippen LogP contribution in [-0.2, 0) is 4.79 Å². The molecule has 1 heterocycles. The number of hydrogen-bond donors (Lipinski definition) is 2. The lowest BCUT2D eigenvalue weighted by atomic mass is 10.2. The number of hydrogen-bond acceptors (Lipinski definition) is 3. The number of rotatable bonds is 5. The molecule has 0 bridgehead atoms. The minimum absolute atomic E-state index is 0.00463. The van der Waals surface area contributed by atoms with Gasteiger partial charge < -0.3 is 10.6 Å². The normalized spacial score (nSPS) is 12.1. The van der Waals surface area contributed by atoms with Crippen molar-refractivity contribution < 1.29 is 4.79 Å². The van der Waals surface area contributed by atoms with Crippen LogP contribution in [0.1, 0.15) is 25.6 Å². The molecule has 0 spiro atoms. The maximum atomic E-state index is 11.4. The Bertz CT molecular complexity index is 300. The summed E-state index contributed by atoms with van der Waals surface area (Å²) in [6.07, 6.45) is 1.72. The first-order valence-corrected chi connectivity index (χ1v) is 5.15. The molecule has 4 nitrogen and oxygen atoms in total. The van der Waals surface area contributed by atoms with Crippen LogP contribution >= 0.6 is 0 Å². The second-order valence-corrected chi connectivity index (χ2v) is 3.32. The van der Waals surface area contributed by atoms with Gasteiger partial charge in [-0.2, -0.15) is 0 Å². The van der Waals surface area contributed by atoms with E-state index in [0.717, 1.165) is 12.2 Å². The summed E-state index contributed by atoms with van der Waals surface area (Å²) in [6, 6.07) is 5.63. The Hall–Kier alpha value is -1.42. The van der Waals surface area contributed by atoms with Crippen molar-refractivity contribution in [3.05, 3.63) is 30.1 Å². The van der Waals surface area contributed by atoms with E-state index in [1.165, 1.54) is 0 Å². The fourth-order valence-corrected chi connectivity index (χ4v) is 1.24. The van der Waals surface area contributed by atoms with E-state index in [2.05, 4.69) is 15.6 Å². The SMILES string of the molecule is CCNCC(=O)NC(C)c1ccccn1. The van der Waals surface area contributed by atoms with Gasteiger partial charge in [0.05, 0.1) is 18.3 Å². The molecule has 1 aromatic heterocycles. The topological polar surface area (TPSA) is 54.0 Å². The molecule has 0 aliphatic heterocycles. The van der Waals surface area contributed by atoms with Crippen LogP contribution in [0.5, 0.6) is 0 Å². The number of carbonyl (C=O) groups excluding carboxylic acids is 1. The number of likely N-dealkylation sites (N-methyl/N-ethyl adjacent to an activating group) is 1. The Kier molecular flexibility index (Phi) is 4.77. The van der Waals surface area contributed by atoms with Crippen LogP contribution < -0.4 is 10.6 Å². The molecule has 82 valence electrons. The highest BCUT2D eigenvalue weighted by Crippen LogP contribution is 2.06. The highest BCUT2D eigenvalue weighted by atomic mass is 16.1. The van der Waals surface area contributed by atoms with Gasteiger partial charge in [-0.15, -0.1) is 0 Å². The Balaban J connectivity index is 2.42. The van der Waals surface area contributed by atoms with Crippen LogP contribution in [0.3, 0.4) is 0 Å². The highest BCUT2D eigenvalue weighted by molar-refractivity contribution is 5.78. The van der Waals surface area contributed by atoms with Gasteiger partial charge in [0, 0.05) is 6.20 Å². The highest BCUT2D eigenvalue weighted by Gasteiger charge is 2.08. The zero-order valence-corrected chi connectivity index (χ0v) is 9.16. The van der Waals surface area contributed by atoms with E-state index >= 15 is 0 Å². The van der Waals surface area contributed by atoms with Crippen molar-refractivity contribution in [1.29, 1.82) is 0 Å². The Labute approximate surface area is 90.1 Å². The van der Waals surface area contributed by atoms with E-state index in [9.17, 15) is 4.79 Å². The molecule has 1 amide bonds. The Morgan fingerprint density at radius 2 is 2.33 bits per heavy atom. The molecule has 1 aromatic rings. The van der Waals surface area contributed by atoms with E-state index in [4.69, 9.17) is 0 Å². The molecular weight excluding hydrogens is 190 g/mol. The smallest absolute Gasteiger partial charge is 0.234 e. The predicted octanol–water partition coefficient (Wildman–Crippen LogP) is 0.868. The van der Waals surface area contributed by atoms with Crippen molar-refractivity contribution in [2.45, 2.75) is 19.9 Å². The van der Waals surface area contributed by atoms with Crippen molar-refractivity contribution in [3.63, 3.8) is 0 Å². The van der Waals surface area contributed by atoms with Gasteiger partial charge >= 0.3 is 0 Å². The van der Waals surface area contributed by atoms with E-state index in [1.54, 1.807) is 6.20 Å². The number of nitrogens with zero attached hydrogens (tertiary/aromatic N) is 1. The summed E-state index contributed by atoms with van der Waals surface area (Å²) in [5, 5.41) is 5.84. The summed E-state index contributed by atoms with van der Waals surface area (Å²) < 4.78 is 0. The molecule has 1 unspecified atom stereocenters. The minimum atomic E-state index is -0.0441. The fourth-order valence-electron chi connectivity index (χ4n) is 1.24. The summed E-state index contributed by atoms with van der Waals surface area (Å²) in [5.41, 5.74) is 0.877. The summed E-state index contributed by atoms with van der Waals surface area (Å²) in [7, 11) is 0. The van der Waals surface area contributed by atoms with Crippen molar-refractivity contribution >= 4 is 5.91 Å². The minimum Gasteiger partial charge on any atom is -0.347 e. The molecule has 2 N–H and O–H groups in total. The lowest BCUT2D eigenvalue weighted by Crippen LogP contribution is -2.35. The van der Waals surface area contributed by atoms with Crippen LogP contribution in [0.4, 0.5) is 0 Å².